The van der Waals surface area contributed by atoms with Crippen LogP contribution in [-0.4, -0.2) is 23.4 Å². The van der Waals surface area contributed by atoms with E-state index in [4.69, 9.17) is 3.02 Å². The maximum atomic E-state index is 5.02. The van der Waals surface area contributed by atoms with Crippen LogP contribution in [0.15, 0.2) is 24.3 Å². The summed E-state index contributed by atoms with van der Waals surface area (Å²) in [5, 5.41) is 0. The molecular weight excluding hydrogens is 222 g/mol. The molecule has 0 saturated heterocycles. The molecular formula is C7H7OSb. The SMILES string of the molecule is Cc1ccc([O][Sb])cc1. The van der Waals surface area contributed by atoms with Crippen molar-refractivity contribution in [2.75, 3.05) is 0 Å². The average molecular weight is 229 g/mol. The fourth-order valence-corrected chi connectivity index (χ4v) is 0.947. The van der Waals surface area contributed by atoms with Gasteiger partial charge in [-0.2, -0.15) is 0 Å². The number of rotatable bonds is 1. The molecule has 1 nitrogen and oxygen atoms in total. The van der Waals surface area contributed by atoms with Gasteiger partial charge in [0.05, 0.1) is 0 Å². The van der Waals surface area contributed by atoms with Crippen LogP contribution in [0.25, 0.3) is 0 Å². The van der Waals surface area contributed by atoms with Crippen molar-refractivity contribution in [3.8, 4) is 5.75 Å². The van der Waals surface area contributed by atoms with Gasteiger partial charge in [0.15, 0.2) is 0 Å². The maximum absolute atomic E-state index is 5.02. The molecule has 0 fully saturated rings. The molecule has 2 radical (unpaired) electrons. The van der Waals surface area contributed by atoms with Crippen molar-refractivity contribution in [3.05, 3.63) is 29.8 Å². The van der Waals surface area contributed by atoms with E-state index >= 15 is 0 Å². The van der Waals surface area contributed by atoms with Gasteiger partial charge in [-0.1, -0.05) is 0 Å². The summed E-state index contributed by atoms with van der Waals surface area (Å²) in [6.07, 6.45) is 0. The van der Waals surface area contributed by atoms with Crippen LogP contribution in [-0.2, 0) is 0 Å². The summed E-state index contributed by atoms with van der Waals surface area (Å²) in [6, 6.07) is 8.00. The van der Waals surface area contributed by atoms with Crippen molar-refractivity contribution in [1.29, 1.82) is 0 Å². The molecule has 0 saturated carbocycles. The molecule has 0 aromatic heterocycles. The van der Waals surface area contributed by atoms with Crippen LogP contribution in [0.1, 0.15) is 5.56 Å². The second-order valence-corrected chi connectivity index (χ2v) is 2.43. The van der Waals surface area contributed by atoms with Crippen molar-refractivity contribution in [2.24, 2.45) is 0 Å². The summed E-state index contributed by atoms with van der Waals surface area (Å²) in [5.74, 6) is 0.939. The molecule has 0 atom stereocenters. The molecule has 0 N–H and O–H groups in total. The van der Waals surface area contributed by atoms with Crippen LogP contribution in [0.3, 0.4) is 0 Å². The van der Waals surface area contributed by atoms with Crippen molar-refractivity contribution in [3.63, 3.8) is 0 Å². The first-order valence-corrected chi connectivity index (χ1v) is 3.75. The van der Waals surface area contributed by atoms with E-state index in [1.807, 2.05) is 24.3 Å². The van der Waals surface area contributed by atoms with E-state index in [1.165, 1.54) is 29.0 Å². The molecule has 0 unspecified atom stereocenters. The predicted molar refractivity (Wildman–Crippen MR) is 37.6 cm³/mol. The van der Waals surface area contributed by atoms with Gasteiger partial charge in [0.1, 0.15) is 0 Å². The first-order valence-electron chi connectivity index (χ1n) is 2.71. The third kappa shape index (κ3) is 1.91. The van der Waals surface area contributed by atoms with Crippen molar-refractivity contribution in [1.82, 2.24) is 0 Å². The van der Waals surface area contributed by atoms with Gasteiger partial charge in [-0.15, -0.1) is 0 Å². The van der Waals surface area contributed by atoms with Crippen LogP contribution in [0.2, 0.25) is 0 Å². The van der Waals surface area contributed by atoms with E-state index in [-0.39, 0.29) is 0 Å². The minimum atomic E-state index is 0.939. The molecule has 0 bridgehead atoms. The van der Waals surface area contributed by atoms with Crippen molar-refractivity contribution >= 4 is 23.4 Å². The van der Waals surface area contributed by atoms with E-state index in [2.05, 4.69) is 6.92 Å². The van der Waals surface area contributed by atoms with Crippen molar-refractivity contribution in [2.45, 2.75) is 6.92 Å². The molecule has 1 aromatic carbocycles. The van der Waals surface area contributed by atoms with Gasteiger partial charge in [0, 0.05) is 0 Å². The Hall–Kier alpha value is -0.162. The Balaban J connectivity index is 2.88. The van der Waals surface area contributed by atoms with E-state index in [0.29, 0.717) is 0 Å². The average Bonchev–Trinajstić information content (AvgIpc) is 1.90. The summed E-state index contributed by atoms with van der Waals surface area (Å²) in [4.78, 5) is 0. The Morgan fingerprint density at radius 3 is 2.22 bits per heavy atom. The van der Waals surface area contributed by atoms with Gasteiger partial charge in [-0.05, 0) is 0 Å². The Morgan fingerprint density at radius 1 is 1.22 bits per heavy atom. The molecule has 46 valence electrons. The zero-order valence-electron chi connectivity index (χ0n) is 5.16. The first-order chi connectivity index (χ1) is 4.33. The minimum absolute atomic E-state index is 0.939. The molecule has 0 aliphatic rings. The molecule has 9 heavy (non-hydrogen) atoms. The van der Waals surface area contributed by atoms with E-state index in [9.17, 15) is 0 Å². The van der Waals surface area contributed by atoms with Crippen molar-refractivity contribution < 1.29 is 3.02 Å². The third-order valence-electron chi connectivity index (χ3n) is 1.13. The van der Waals surface area contributed by atoms with Gasteiger partial charge >= 0.3 is 69.0 Å². The Bertz CT molecular complexity index is 181. The quantitative estimate of drug-likeness (QED) is 0.662. The van der Waals surface area contributed by atoms with E-state index in [1.54, 1.807) is 0 Å². The number of hydrogen-bond donors (Lipinski definition) is 0. The zero-order valence-corrected chi connectivity index (χ0v) is 7.72. The Labute approximate surface area is 69.1 Å². The summed E-state index contributed by atoms with van der Waals surface area (Å²) in [5.41, 5.74) is 1.27. The molecule has 1 rings (SSSR count). The van der Waals surface area contributed by atoms with Crippen LogP contribution < -0.4 is 3.02 Å². The molecule has 2 heteroatoms. The fourth-order valence-electron chi connectivity index (χ4n) is 0.599. The molecule has 0 amide bonds. The normalized spacial score (nSPS) is 9.11. The summed E-state index contributed by atoms with van der Waals surface area (Å²) in [6.45, 7) is 2.06. The van der Waals surface area contributed by atoms with Gasteiger partial charge in [-0.3, -0.25) is 0 Å². The van der Waals surface area contributed by atoms with Gasteiger partial charge in [-0.25, -0.2) is 0 Å². The number of aryl methyl sites for hydroxylation is 1. The summed E-state index contributed by atoms with van der Waals surface area (Å²) in [7, 11) is 0. The summed E-state index contributed by atoms with van der Waals surface area (Å²) < 4.78 is 5.02. The second-order valence-electron chi connectivity index (χ2n) is 1.90. The standard InChI is InChI=1S/C7H8O.Sb/c1-6-2-4-7(8)5-3-6;/h2-5,8H,1H3;/q;+1/p-1. The van der Waals surface area contributed by atoms with Gasteiger partial charge < -0.3 is 0 Å². The van der Waals surface area contributed by atoms with Crippen LogP contribution in [0.5, 0.6) is 5.75 Å². The van der Waals surface area contributed by atoms with E-state index in [0.717, 1.165) is 5.75 Å². The zero-order chi connectivity index (χ0) is 6.69. The fraction of sp³-hybridized carbons (Fsp3) is 0.143. The Kier molecular flexibility index (Phi) is 2.41. The molecule has 0 aliphatic heterocycles. The third-order valence-corrected chi connectivity index (χ3v) is 1.73. The second kappa shape index (κ2) is 3.12. The monoisotopic (exact) mass is 228 g/mol. The van der Waals surface area contributed by atoms with Crippen LogP contribution >= 0.6 is 0 Å². The number of benzene rings is 1. The van der Waals surface area contributed by atoms with Crippen LogP contribution in [0.4, 0.5) is 0 Å². The molecule has 0 aliphatic carbocycles. The van der Waals surface area contributed by atoms with Gasteiger partial charge in [0.25, 0.3) is 0 Å². The van der Waals surface area contributed by atoms with Crippen LogP contribution in [0, 0.1) is 6.92 Å². The molecule has 0 heterocycles. The topological polar surface area (TPSA) is 9.23 Å². The number of hydrogen-bond acceptors (Lipinski definition) is 1. The predicted octanol–water partition coefficient (Wildman–Crippen LogP) is 1.46. The Morgan fingerprint density at radius 2 is 1.78 bits per heavy atom. The van der Waals surface area contributed by atoms with Gasteiger partial charge in [0.2, 0.25) is 0 Å². The van der Waals surface area contributed by atoms with E-state index < -0.39 is 0 Å². The molecule has 1 aromatic rings. The first kappa shape index (κ1) is 6.95. The molecule has 0 spiro atoms. The summed E-state index contributed by atoms with van der Waals surface area (Å²) >= 11 is 1.35.